The molecule has 0 aliphatic carbocycles. The molecule has 19 heavy (non-hydrogen) atoms. The highest BCUT2D eigenvalue weighted by molar-refractivity contribution is 6.37. The minimum Gasteiger partial charge on any atom is -0.467 e. The number of nitrogens with zero attached hydrogens (tertiary/aromatic N) is 1. The highest BCUT2D eigenvalue weighted by Gasteiger charge is 2.09. The fourth-order valence-electron chi connectivity index (χ4n) is 2.00. The lowest BCUT2D eigenvalue weighted by atomic mass is 10.1. The number of furan rings is 1. The molecule has 3 rings (SSSR count). The second-order valence-electron chi connectivity index (χ2n) is 4.15. The zero-order valence-electron chi connectivity index (χ0n) is 10.1. The number of nitrogens with one attached hydrogen (secondary N) is 1. The Balaban J connectivity index is 2.01. The molecule has 3 aromatic rings. The average molecular weight is 274 g/mol. The Hall–Kier alpha value is -2.20. The molecule has 5 heteroatoms. The smallest absolute Gasteiger partial charge is 0.135 e. The normalized spacial score (nSPS) is 10.8. The number of nitrogen functional groups attached to an aromatic ring is 1. The lowest BCUT2D eigenvalue weighted by Gasteiger charge is -2.10. The van der Waals surface area contributed by atoms with Crippen molar-refractivity contribution < 1.29 is 4.42 Å². The minimum atomic E-state index is 0.546. The number of rotatable bonds is 3. The Bertz CT molecular complexity index is 710. The van der Waals surface area contributed by atoms with Gasteiger partial charge in [-0.25, -0.2) is 4.98 Å². The highest BCUT2D eigenvalue weighted by atomic mass is 35.5. The van der Waals surface area contributed by atoms with Crippen molar-refractivity contribution in [3.8, 4) is 0 Å². The van der Waals surface area contributed by atoms with Gasteiger partial charge in [-0.15, -0.1) is 0 Å². The van der Waals surface area contributed by atoms with Crippen LogP contribution in [0.3, 0.4) is 0 Å². The van der Waals surface area contributed by atoms with Gasteiger partial charge in [0.1, 0.15) is 11.6 Å². The van der Waals surface area contributed by atoms with Gasteiger partial charge in [0.2, 0.25) is 0 Å². The fraction of sp³-hybridized carbons (Fsp3) is 0.0714. The maximum Gasteiger partial charge on any atom is 0.135 e. The second kappa shape index (κ2) is 4.82. The summed E-state index contributed by atoms with van der Waals surface area (Å²) in [4.78, 5) is 4.32. The number of benzene rings is 1. The number of aromatic nitrogens is 1. The van der Waals surface area contributed by atoms with E-state index in [-0.39, 0.29) is 0 Å². The SMILES string of the molecule is Nc1ccc(Cl)c2c(NCc3ccco3)nccc12. The van der Waals surface area contributed by atoms with Crippen LogP contribution in [-0.2, 0) is 6.54 Å². The summed E-state index contributed by atoms with van der Waals surface area (Å²) in [6.07, 6.45) is 3.35. The number of anilines is 2. The molecule has 0 aliphatic heterocycles. The number of hydrogen-bond donors (Lipinski definition) is 2. The van der Waals surface area contributed by atoms with Crippen LogP contribution < -0.4 is 11.1 Å². The zero-order chi connectivity index (χ0) is 13.2. The molecule has 1 aromatic carbocycles. The fourth-order valence-corrected chi connectivity index (χ4v) is 2.25. The number of fused-ring (bicyclic) bond motifs is 1. The molecule has 0 spiro atoms. The van der Waals surface area contributed by atoms with Crippen molar-refractivity contribution in [1.82, 2.24) is 4.98 Å². The van der Waals surface area contributed by atoms with Crippen LogP contribution in [0.4, 0.5) is 11.5 Å². The third-order valence-electron chi connectivity index (χ3n) is 2.92. The topological polar surface area (TPSA) is 64.1 Å². The van der Waals surface area contributed by atoms with Crippen molar-refractivity contribution >= 4 is 33.9 Å². The summed E-state index contributed by atoms with van der Waals surface area (Å²) in [7, 11) is 0. The average Bonchev–Trinajstić information content (AvgIpc) is 2.94. The Labute approximate surface area is 115 Å². The van der Waals surface area contributed by atoms with Crippen LogP contribution in [0.25, 0.3) is 10.8 Å². The molecule has 3 N–H and O–H groups in total. The van der Waals surface area contributed by atoms with Crippen LogP contribution in [0.1, 0.15) is 5.76 Å². The van der Waals surface area contributed by atoms with Gasteiger partial charge in [-0.3, -0.25) is 0 Å². The molecule has 0 aliphatic rings. The van der Waals surface area contributed by atoms with Crippen LogP contribution in [-0.4, -0.2) is 4.98 Å². The molecular weight excluding hydrogens is 262 g/mol. The minimum absolute atomic E-state index is 0.546. The van der Waals surface area contributed by atoms with Gasteiger partial charge in [0, 0.05) is 22.7 Å². The summed E-state index contributed by atoms with van der Waals surface area (Å²) < 4.78 is 5.27. The summed E-state index contributed by atoms with van der Waals surface area (Å²) in [5.41, 5.74) is 6.64. The van der Waals surface area contributed by atoms with E-state index in [0.29, 0.717) is 23.1 Å². The van der Waals surface area contributed by atoms with Crippen molar-refractivity contribution in [2.45, 2.75) is 6.54 Å². The maximum absolute atomic E-state index is 6.24. The van der Waals surface area contributed by atoms with Crippen molar-refractivity contribution in [3.05, 3.63) is 53.6 Å². The van der Waals surface area contributed by atoms with E-state index in [1.165, 1.54) is 0 Å². The molecular formula is C14H12ClN3O. The molecule has 2 aromatic heterocycles. The van der Waals surface area contributed by atoms with Crippen LogP contribution in [0.5, 0.6) is 0 Å². The third-order valence-corrected chi connectivity index (χ3v) is 3.24. The molecule has 0 saturated heterocycles. The first kappa shape index (κ1) is 11.9. The van der Waals surface area contributed by atoms with E-state index < -0.39 is 0 Å². The Morgan fingerprint density at radius 1 is 1.26 bits per heavy atom. The predicted molar refractivity (Wildman–Crippen MR) is 77.2 cm³/mol. The van der Waals surface area contributed by atoms with E-state index in [1.807, 2.05) is 18.2 Å². The Morgan fingerprint density at radius 3 is 2.95 bits per heavy atom. The molecule has 4 nitrogen and oxygen atoms in total. The maximum atomic E-state index is 6.24. The van der Waals surface area contributed by atoms with Gasteiger partial charge < -0.3 is 15.5 Å². The molecule has 0 bridgehead atoms. The molecule has 0 unspecified atom stereocenters. The molecule has 2 heterocycles. The summed E-state index contributed by atoms with van der Waals surface area (Å²) in [5, 5.41) is 5.56. The number of pyridine rings is 1. The standard InChI is InChI=1S/C14H12ClN3O/c15-11-3-4-12(16)10-5-6-17-14(13(10)11)18-8-9-2-1-7-19-9/h1-7H,8,16H2,(H,17,18). The van der Waals surface area contributed by atoms with E-state index in [0.717, 1.165) is 16.5 Å². The summed E-state index contributed by atoms with van der Waals surface area (Å²) in [6.45, 7) is 0.546. The molecule has 0 radical (unpaired) electrons. The van der Waals surface area contributed by atoms with Gasteiger partial charge in [-0.1, -0.05) is 11.6 Å². The molecule has 0 amide bonds. The lowest BCUT2D eigenvalue weighted by Crippen LogP contribution is -2.01. The van der Waals surface area contributed by atoms with Gasteiger partial charge >= 0.3 is 0 Å². The lowest BCUT2D eigenvalue weighted by molar-refractivity contribution is 0.518. The Kier molecular flexibility index (Phi) is 3.01. The van der Waals surface area contributed by atoms with E-state index in [2.05, 4.69) is 10.3 Å². The highest BCUT2D eigenvalue weighted by Crippen LogP contribution is 2.32. The van der Waals surface area contributed by atoms with Crippen LogP contribution in [0, 0.1) is 0 Å². The van der Waals surface area contributed by atoms with Gasteiger partial charge in [0.15, 0.2) is 0 Å². The number of nitrogens with two attached hydrogens (primary N) is 1. The van der Waals surface area contributed by atoms with Crippen molar-refractivity contribution in [2.75, 3.05) is 11.1 Å². The predicted octanol–water partition coefficient (Wildman–Crippen LogP) is 3.68. The van der Waals surface area contributed by atoms with Crippen molar-refractivity contribution in [3.63, 3.8) is 0 Å². The van der Waals surface area contributed by atoms with Crippen LogP contribution >= 0.6 is 11.6 Å². The molecule has 0 fully saturated rings. The van der Waals surface area contributed by atoms with E-state index in [4.69, 9.17) is 21.8 Å². The van der Waals surface area contributed by atoms with Crippen molar-refractivity contribution in [1.29, 1.82) is 0 Å². The van der Waals surface area contributed by atoms with Crippen molar-refractivity contribution in [2.24, 2.45) is 0 Å². The van der Waals surface area contributed by atoms with Gasteiger partial charge in [0.05, 0.1) is 17.8 Å². The number of halogens is 1. The largest absolute Gasteiger partial charge is 0.467 e. The first-order valence-corrected chi connectivity index (χ1v) is 6.22. The zero-order valence-corrected chi connectivity index (χ0v) is 10.8. The van der Waals surface area contributed by atoms with Gasteiger partial charge in [-0.2, -0.15) is 0 Å². The molecule has 0 saturated carbocycles. The molecule has 96 valence electrons. The summed E-state index contributed by atoms with van der Waals surface area (Å²) in [5.74, 6) is 1.53. The van der Waals surface area contributed by atoms with E-state index in [9.17, 15) is 0 Å². The van der Waals surface area contributed by atoms with Crippen LogP contribution in [0.2, 0.25) is 5.02 Å². The van der Waals surface area contributed by atoms with Gasteiger partial charge in [-0.05, 0) is 30.3 Å². The first-order chi connectivity index (χ1) is 9.25. The second-order valence-corrected chi connectivity index (χ2v) is 4.56. The monoisotopic (exact) mass is 273 g/mol. The molecule has 0 atom stereocenters. The first-order valence-electron chi connectivity index (χ1n) is 5.84. The Morgan fingerprint density at radius 2 is 2.16 bits per heavy atom. The number of hydrogen-bond acceptors (Lipinski definition) is 4. The van der Waals surface area contributed by atoms with Crippen LogP contribution in [0.15, 0.2) is 47.2 Å². The summed E-state index contributed by atoms with van der Waals surface area (Å²) in [6, 6.07) is 9.17. The summed E-state index contributed by atoms with van der Waals surface area (Å²) >= 11 is 6.24. The van der Waals surface area contributed by atoms with E-state index in [1.54, 1.807) is 24.6 Å². The van der Waals surface area contributed by atoms with Gasteiger partial charge in [0.25, 0.3) is 0 Å². The van der Waals surface area contributed by atoms with E-state index >= 15 is 0 Å². The third kappa shape index (κ3) is 2.22. The quantitative estimate of drug-likeness (QED) is 0.715.